The molecule has 1 aliphatic heterocycles. The van der Waals surface area contributed by atoms with E-state index in [1.165, 1.54) is 44.9 Å². The number of benzene rings is 1. The van der Waals surface area contributed by atoms with E-state index in [-0.39, 0.29) is 0 Å². The Bertz CT molecular complexity index is 466. The van der Waals surface area contributed by atoms with E-state index in [1.54, 1.807) is 14.2 Å². The number of ether oxygens (including phenoxy) is 3. The van der Waals surface area contributed by atoms with Crippen molar-refractivity contribution in [1.29, 1.82) is 0 Å². The normalized spacial score (nSPS) is 16.4. The van der Waals surface area contributed by atoms with Crippen LogP contribution < -0.4 is 0 Å². The van der Waals surface area contributed by atoms with Crippen LogP contribution in [0.15, 0.2) is 30.3 Å². The summed E-state index contributed by atoms with van der Waals surface area (Å²) >= 11 is 0. The minimum Gasteiger partial charge on any atom is -0.381 e. The minimum atomic E-state index is -0.644. The second kappa shape index (κ2) is 11.7. The van der Waals surface area contributed by atoms with E-state index in [2.05, 4.69) is 31.2 Å². The Balaban J connectivity index is 2.02. The van der Waals surface area contributed by atoms with Crippen LogP contribution in [0, 0.1) is 11.8 Å². The summed E-state index contributed by atoms with van der Waals surface area (Å²) in [6.07, 6.45) is 11.4. The number of hydrogen-bond acceptors (Lipinski definition) is 3. The van der Waals surface area contributed by atoms with Crippen molar-refractivity contribution in [3.8, 4) is 0 Å². The van der Waals surface area contributed by atoms with Gasteiger partial charge in [-0.15, -0.1) is 0 Å². The molecule has 0 N–H and O–H groups in total. The van der Waals surface area contributed by atoms with E-state index in [4.69, 9.17) is 14.2 Å². The highest BCUT2D eigenvalue weighted by molar-refractivity contribution is 5.21. The number of rotatable bonds is 14. The summed E-state index contributed by atoms with van der Waals surface area (Å²) in [6.45, 7) is 4.11. The molecule has 0 saturated carbocycles. The van der Waals surface area contributed by atoms with Crippen molar-refractivity contribution in [3.05, 3.63) is 35.9 Å². The largest absolute Gasteiger partial charge is 0.381 e. The van der Waals surface area contributed by atoms with E-state index in [0.29, 0.717) is 11.8 Å². The molecule has 2 rings (SSSR count). The van der Waals surface area contributed by atoms with Gasteiger partial charge < -0.3 is 14.2 Å². The highest BCUT2D eigenvalue weighted by Crippen LogP contribution is 2.41. The lowest BCUT2D eigenvalue weighted by molar-refractivity contribution is -0.254. The average Bonchev–Trinajstić information content (AvgIpc) is 2.65. The summed E-state index contributed by atoms with van der Waals surface area (Å²) < 4.78 is 17.5. The molecular weight excluding hydrogens is 324 g/mol. The minimum absolute atomic E-state index is 0.367. The van der Waals surface area contributed by atoms with Gasteiger partial charge in [0.1, 0.15) is 0 Å². The van der Waals surface area contributed by atoms with Crippen molar-refractivity contribution >= 4 is 0 Å². The Kier molecular flexibility index (Phi) is 9.66. The van der Waals surface area contributed by atoms with Crippen LogP contribution in [-0.4, -0.2) is 27.4 Å². The first-order chi connectivity index (χ1) is 12.8. The second-order valence-electron chi connectivity index (χ2n) is 7.68. The van der Waals surface area contributed by atoms with Crippen molar-refractivity contribution in [2.75, 3.05) is 27.4 Å². The van der Waals surface area contributed by atoms with Crippen molar-refractivity contribution in [2.45, 2.75) is 70.5 Å². The van der Waals surface area contributed by atoms with Gasteiger partial charge in [0.2, 0.25) is 0 Å². The Morgan fingerprint density at radius 1 is 0.962 bits per heavy atom. The molecule has 1 aliphatic rings. The van der Waals surface area contributed by atoms with Gasteiger partial charge in [-0.25, -0.2) is 0 Å². The summed E-state index contributed by atoms with van der Waals surface area (Å²) in [5.41, 5.74) is 1.13. The predicted octanol–water partition coefficient (Wildman–Crippen LogP) is 5.93. The van der Waals surface area contributed by atoms with Crippen LogP contribution in [0.1, 0.15) is 70.3 Å². The molecule has 1 fully saturated rings. The number of hydrogen-bond donors (Lipinski definition) is 0. The zero-order valence-corrected chi connectivity index (χ0v) is 17.0. The molecule has 0 bridgehead atoms. The Morgan fingerprint density at radius 2 is 1.62 bits per heavy atom. The lowest BCUT2D eigenvalue weighted by Crippen LogP contribution is -2.40. The average molecular weight is 363 g/mol. The van der Waals surface area contributed by atoms with Crippen LogP contribution in [0.3, 0.4) is 0 Å². The van der Waals surface area contributed by atoms with Gasteiger partial charge in [0.05, 0.1) is 13.2 Å². The zero-order valence-electron chi connectivity index (χ0n) is 17.0. The third kappa shape index (κ3) is 5.80. The van der Waals surface area contributed by atoms with Gasteiger partial charge in [-0.2, -0.15) is 0 Å². The van der Waals surface area contributed by atoms with Crippen molar-refractivity contribution in [1.82, 2.24) is 0 Å². The topological polar surface area (TPSA) is 27.7 Å². The van der Waals surface area contributed by atoms with Gasteiger partial charge in [-0.05, 0) is 19.3 Å². The summed E-state index contributed by atoms with van der Waals surface area (Å²) in [7, 11) is 3.58. The van der Waals surface area contributed by atoms with E-state index < -0.39 is 5.79 Å². The Labute approximate surface area is 160 Å². The first-order valence-corrected chi connectivity index (χ1v) is 10.5. The summed E-state index contributed by atoms with van der Waals surface area (Å²) in [6, 6.07) is 10.5. The predicted molar refractivity (Wildman–Crippen MR) is 107 cm³/mol. The van der Waals surface area contributed by atoms with E-state index in [9.17, 15) is 0 Å². The molecule has 1 unspecified atom stereocenters. The third-order valence-electron chi connectivity index (χ3n) is 5.86. The zero-order chi connectivity index (χ0) is 18.7. The lowest BCUT2D eigenvalue weighted by atomic mass is 9.81. The SMILES string of the molecule is CCCCCCCCC(CCC1COC1)C(OC)(OC)c1ccccc1. The molecule has 148 valence electrons. The highest BCUT2D eigenvalue weighted by atomic mass is 16.7. The number of methoxy groups -OCH3 is 2. The van der Waals surface area contributed by atoms with Crippen LogP contribution >= 0.6 is 0 Å². The molecular formula is C23H38O3. The third-order valence-corrected chi connectivity index (χ3v) is 5.86. The fourth-order valence-electron chi connectivity index (χ4n) is 4.14. The first-order valence-electron chi connectivity index (χ1n) is 10.5. The molecule has 3 nitrogen and oxygen atoms in total. The maximum absolute atomic E-state index is 6.06. The molecule has 0 aliphatic carbocycles. The summed E-state index contributed by atoms with van der Waals surface area (Å²) in [5, 5.41) is 0. The summed E-state index contributed by atoms with van der Waals surface area (Å²) in [4.78, 5) is 0. The first kappa shape index (κ1) is 21.4. The number of unbranched alkanes of at least 4 members (excludes halogenated alkanes) is 5. The van der Waals surface area contributed by atoms with Gasteiger partial charge in [0.25, 0.3) is 0 Å². The fourth-order valence-corrected chi connectivity index (χ4v) is 4.14. The van der Waals surface area contributed by atoms with Crippen LogP contribution in [0.5, 0.6) is 0 Å². The molecule has 1 heterocycles. The maximum atomic E-state index is 6.06. The van der Waals surface area contributed by atoms with Crippen LogP contribution in [-0.2, 0) is 20.0 Å². The van der Waals surface area contributed by atoms with Crippen molar-refractivity contribution < 1.29 is 14.2 Å². The molecule has 0 aromatic heterocycles. The summed E-state index contributed by atoms with van der Waals surface area (Å²) in [5.74, 6) is 0.436. The molecule has 0 radical (unpaired) electrons. The monoisotopic (exact) mass is 362 g/mol. The van der Waals surface area contributed by atoms with E-state index in [1.807, 2.05) is 6.07 Å². The smallest absolute Gasteiger partial charge is 0.197 e. The molecule has 26 heavy (non-hydrogen) atoms. The second-order valence-corrected chi connectivity index (χ2v) is 7.68. The molecule has 1 atom stereocenters. The van der Waals surface area contributed by atoms with Crippen molar-refractivity contribution in [3.63, 3.8) is 0 Å². The van der Waals surface area contributed by atoms with Crippen LogP contribution in [0.25, 0.3) is 0 Å². The quantitative estimate of drug-likeness (QED) is 0.303. The van der Waals surface area contributed by atoms with Crippen molar-refractivity contribution in [2.24, 2.45) is 11.8 Å². The van der Waals surface area contributed by atoms with Gasteiger partial charge >= 0.3 is 0 Å². The van der Waals surface area contributed by atoms with Crippen LogP contribution in [0.4, 0.5) is 0 Å². The maximum Gasteiger partial charge on any atom is 0.197 e. The molecule has 1 aromatic rings. The van der Waals surface area contributed by atoms with E-state index in [0.717, 1.165) is 31.6 Å². The molecule has 3 heteroatoms. The molecule has 0 amide bonds. The highest BCUT2D eigenvalue weighted by Gasteiger charge is 2.41. The van der Waals surface area contributed by atoms with Gasteiger partial charge in [0.15, 0.2) is 5.79 Å². The molecule has 1 aromatic carbocycles. The van der Waals surface area contributed by atoms with Gasteiger partial charge in [-0.1, -0.05) is 75.8 Å². The standard InChI is InChI=1S/C23H38O3/c1-4-5-6-7-8-10-15-22(17-16-20-18-26-19-20)23(24-2,25-3)21-13-11-9-12-14-21/h9,11-14,20,22H,4-8,10,15-19H2,1-3H3. The lowest BCUT2D eigenvalue weighted by Gasteiger charge is -2.40. The van der Waals surface area contributed by atoms with E-state index >= 15 is 0 Å². The Morgan fingerprint density at radius 3 is 2.19 bits per heavy atom. The van der Waals surface area contributed by atoms with Gasteiger partial charge in [-0.3, -0.25) is 0 Å². The molecule has 1 saturated heterocycles. The van der Waals surface area contributed by atoms with Gasteiger partial charge in [0, 0.05) is 31.6 Å². The Hall–Kier alpha value is -0.900. The fraction of sp³-hybridized carbons (Fsp3) is 0.739. The van der Waals surface area contributed by atoms with Crippen LogP contribution in [0.2, 0.25) is 0 Å². The molecule has 0 spiro atoms.